The lowest BCUT2D eigenvalue weighted by atomic mass is 10.1. The number of carbonyl (C=O) groups excluding carboxylic acids is 2. The molecule has 0 aliphatic carbocycles. The second kappa shape index (κ2) is 8.47. The summed E-state index contributed by atoms with van der Waals surface area (Å²) in [6, 6.07) is 17.1. The number of hydrogen-bond donors (Lipinski definition) is 1. The third-order valence-corrected chi connectivity index (χ3v) is 5.25. The molecule has 4 aromatic rings. The van der Waals surface area contributed by atoms with Crippen molar-refractivity contribution < 1.29 is 19.1 Å². The molecule has 2 aromatic carbocycles. The number of methoxy groups -OCH3 is 1. The largest absolute Gasteiger partial charge is 0.486 e. The zero-order chi connectivity index (χ0) is 22.0. The first-order valence-electron chi connectivity index (χ1n) is 9.92. The summed E-state index contributed by atoms with van der Waals surface area (Å²) < 4.78 is 12.6. The third kappa shape index (κ3) is 3.94. The first-order chi connectivity index (χ1) is 15.0. The van der Waals surface area contributed by atoms with Crippen LogP contribution in [0.15, 0.2) is 54.6 Å². The van der Waals surface area contributed by atoms with Crippen molar-refractivity contribution in [2.75, 3.05) is 7.11 Å². The molecule has 0 aliphatic rings. The fourth-order valence-electron chi connectivity index (χ4n) is 3.74. The fraction of sp³-hybridized carbons (Fsp3) is 0.208. The van der Waals surface area contributed by atoms with Gasteiger partial charge in [-0.3, -0.25) is 4.79 Å². The highest BCUT2D eigenvalue weighted by atomic mass is 16.5. The number of Topliss-reactive ketones (excluding diaryl/α,β-unsaturated/α-hetero) is 1. The maximum Gasteiger partial charge on any atom is 0.339 e. The summed E-state index contributed by atoms with van der Waals surface area (Å²) in [4.78, 5) is 33.0. The van der Waals surface area contributed by atoms with Crippen LogP contribution in [0.1, 0.15) is 37.9 Å². The van der Waals surface area contributed by atoms with Crippen molar-refractivity contribution in [1.29, 1.82) is 0 Å². The van der Waals surface area contributed by atoms with E-state index in [0.717, 1.165) is 16.8 Å². The quantitative estimate of drug-likeness (QED) is 0.359. The predicted molar refractivity (Wildman–Crippen MR) is 116 cm³/mol. The van der Waals surface area contributed by atoms with E-state index < -0.39 is 5.97 Å². The number of aryl methyl sites for hydroxylation is 1. The Labute approximate surface area is 179 Å². The number of aromatic nitrogens is 3. The molecule has 7 nitrogen and oxygen atoms in total. The van der Waals surface area contributed by atoms with E-state index in [1.807, 2.05) is 59.2 Å². The van der Waals surface area contributed by atoms with Gasteiger partial charge in [0.15, 0.2) is 5.78 Å². The van der Waals surface area contributed by atoms with E-state index in [0.29, 0.717) is 28.3 Å². The van der Waals surface area contributed by atoms with Gasteiger partial charge in [0.05, 0.1) is 35.9 Å². The van der Waals surface area contributed by atoms with Crippen molar-refractivity contribution in [3.8, 4) is 5.75 Å². The van der Waals surface area contributed by atoms with Gasteiger partial charge in [0.1, 0.15) is 18.2 Å². The second-order valence-electron chi connectivity index (χ2n) is 7.24. The number of carbonyl (C=O) groups is 2. The number of fused-ring (bicyclic) bond motifs is 1. The molecule has 0 aliphatic heterocycles. The topological polar surface area (TPSA) is 86.2 Å². The molecule has 7 heteroatoms. The van der Waals surface area contributed by atoms with Gasteiger partial charge in [0.2, 0.25) is 0 Å². The van der Waals surface area contributed by atoms with E-state index in [-0.39, 0.29) is 18.9 Å². The highest BCUT2D eigenvalue weighted by Gasteiger charge is 2.24. The molecule has 0 amide bonds. The molecule has 2 heterocycles. The minimum Gasteiger partial charge on any atom is -0.486 e. The molecule has 0 radical (unpaired) electrons. The van der Waals surface area contributed by atoms with Crippen LogP contribution >= 0.6 is 0 Å². The first kappa shape index (κ1) is 20.4. The number of rotatable bonds is 7. The van der Waals surface area contributed by atoms with Crippen LogP contribution in [0.5, 0.6) is 5.75 Å². The van der Waals surface area contributed by atoms with Crippen LogP contribution in [0.2, 0.25) is 0 Å². The summed E-state index contributed by atoms with van der Waals surface area (Å²) >= 11 is 0. The van der Waals surface area contributed by atoms with Crippen LogP contribution < -0.4 is 4.74 Å². The molecule has 0 atom stereocenters. The van der Waals surface area contributed by atoms with E-state index >= 15 is 0 Å². The van der Waals surface area contributed by atoms with E-state index in [2.05, 4.69) is 9.97 Å². The second-order valence-corrected chi connectivity index (χ2v) is 7.24. The molecule has 0 saturated carbocycles. The SMILES string of the molecule is COC(=O)c1c(C)[nH]c(C(=O)Cn2c(COc3ccccc3)nc3ccccc32)c1C. The smallest absolute Gasteiger partial charge is 0.339 e. The number of para-hydroxylation sites is 3. The number of ketones is 1. The van der Waals surface area contributed by atoms with Crippen molar-refractivity contribution in [3.63, 3.8) is 0 Å². The van der Waals surface area contributed by atoms with Crippen LogP contribution in [-0.2, 0) is 17.9 Å². The average Bonchev–Trinajstić information content (AvgIpc) is 3.29. The Bertz CT molecular complexity index is 1250. The minimum absolute atomic E-state index is 0.0649. The highest BCUT2D eigenvalue weighted by Crippen LogP contribution is 2.22. The van der Waals surface area contributed by atoms with E-state index in [1.165, 1.54) is 7.11 Å². The van der Waals surface area contributed by atoms with Crippen molar-refractivity contribution in [3.05, 3.63) is 82.9 Å². The normalized spacial score (nSPS) is 10.9. The minimum atomic E-state index is -0.463. The van der Waals surface area contributed by atoms with Crippen molar-refractivity contribution in [1.82, 2.24) is 14.5 Å². The molecule has 0 bridgehead atoms. The number of H-pyrrole nitrogens is 1. The summed E-state index contributed by atoms with van der Waals surface area (Å²) in [6.07, 6.45) is 0. The lowest BCUT2D eigenvalue weighted by Gasteiger charge is -2.10. The lowest BCUT2D eigenvalue weighted by Crippen LogP contribution is -2.16. The zero-order valence-corrected chi connectivity index (χ0v) is 17.6. The van der Waals surface area contributed by atoms with Gasteiger partial charge in [-0.15, -0.1) is 0 Å². The molecule has 0 saturated heterocycles. The van der Waals surface area contributed by atoms with Crippen molar-refractivity contribution >= 4 is 22.8 Å². The first-order valence-corrected chi connectivity index (χ1v) is 9.92. The average molecular weight is 417 g/mol. The molecule has 4 rings (SSSR count). The number of benzene rings is 2. The van der Waals surface area contributed by atoms with Crippen molar-refractivity contribution in [2.24, 2.45) is 0 Å². The molecule has 2 aromatic heterocycles. The van der Waals surface area contributed by atoms with Gasteiger partial charge in [-0.1, -0.05) is 30.3 Å². The van der Waals surface area contributed by atoms with Gasteiger partial charge in [-0.25, -0.2) is 9.78 Å². The number of nitrogens with one attached hydrogen (secondary N) is 1. The summed E-state index contributed by atoms with van der Waals surface area (Å²) in [5.41, 5.74) is 3.62. The summed E-state index contributed by atoms with van der Waals surface area (Å²) in [5.74, 6) is 0.758. The van der Waals surface area contributed by atoms with Gasteiger partial charge >= 0.3 is 5.97 Å². The predicted octanol–water partition coefficient (Wildman–Crippen LogP) is 4.23. The highest BCUT2D eigenvalue weighted by molar-refractivity contribution is 6.01. The Hall–Kier alpha value is -3.87. The monoisotopic (exact) mass is 417 g/mol. The van der Waals surface area contributed by atoms with E-state index in [4.69, 9.17) is 9.47 Å². The molecular formula is C24H23N3O4. The Morgan fingerprint density at radius 2 is 1.74 bits per heavy atom. The van der Waals surface area contributed by atoms with Gasteiger partial charge in [-0.2, -0.15) is 0 Å². The Kier molecular flexibility index (Phi) is 5.58. The molecule has 31 heavy (non-hydrogen) atoms. The van der Waals surface area contributed by atoms with Gasteiger partial charge in [0.25, 0.3) is 0 Å². The molecule has 158 valence electrons. The number of aromatic amines is 1. The third-order valence-electron chi connectivity index (χ3n) is 5.25. The van der Waals surface area contributed by atoms with E-state index in [9.17, 15) is 9.59 Å². The van der Waals surface area contributed by atoms with Crippen LogP contribution in [0, 0.1) is 13.8 Å². The summed E-state index contributed by atoms with van der Waals surface area (Å²) in [6.45, 7) is 3.79. The Balaban J connectivity index is 1.66. The van der Waals surface area contributed by atoms with Crippen molar-refractivity contribution in [2.45, 2.75) is 27.0 Å². The van der Waals surface area contributed by atoms with Crippen LogP contribution in [0.25, 0.3) is 11.0 Å². The Morgan fingerprint density at radius 1 is 1.03 bits per heavy atom. The number of hydrogen-bond acceptors (Lipinski definition) is 5. The van der Waals surface area contributed by atoms with Crippen LogP contribution in [0.4, 0.5) is 0 Å². The number of imidazole rings is 1. The van der Waals surface area contributed by atoms with E-state index in [1.54, 1.807) is 13.8 Å². The van der Waals surface area contributed by atoms with Crippen LogP contribution in [0.3, 0.4) is 0 Å². The summed E-state index contributed by atoms with van der Waals surface area (Å²) in [5, 5.41) is 0. The van der Waals surface area contributed by atoms with Gasteiger partial charge < -0.3 is 19.0 Å². The fourth-order valence-corrected chi connectivity index (χ4v) is 3.74. The maximum absolute atomic E-state index is 13.2. The maximum atomic E-state index is 13.2. The number of ether oxygens (including phenoxy) is 2. The number of esters is 1. The standard InChI is InChI=1S/C24H23N3O4/c1-15-22(24(29)30-3)16(2)25-23(15)20(28)13-27-19-12-8-7-11-18(19)26-21(27)14-31-17-9-5-4-6-10-17/h4-12,25H,13-14H2,1-3H3. The number of nitrogens with zero attached hydrogens (tertiary/aromatic N) is 2. The zero-order valence-electron chi connectivity index (χ0n) is 17.6. The Morgan fingerprint density at radius 3 is 2.48 bits per heavy atom. The molecule has 0 unspecified atom stereocenters. The van der Waals surface area contributed by atoms with Gasteiger partial charge in [-0.05, 0) is 43.7 Å². The molecule has 1 N–H and O–H groups in total. The molecule has 0 fully saturated rings. The molecule has 0 spiro atoms. The van der Waals surface area contributed by atoms with Gasteiger partial charge in [0, 0.05) is 5.69 Å². The molecular weight excluding hydrogens is 394 g/mol. The lowest BCUT2D eigenvalue weighted by molar-refractivity contribution is 0.0599. The van der Waals surface area contributed by atoms with Crippen LogP contribution in [-0.4, -0.2) is 33.4 Å². The summed E-state index contributed by atoms with van der Waals surface area (Å²) in [7, 11) is 1.33.